The topological polar surface area (TPSA) is 92.9 Å². The lowest BCUT2D eigenvalue weighted by molar-refractivity contribution is -0.122. The summed E-state index contributed by atoms with van der Waals surface area (Å²) in [5, 5.41) is 9.41. The normalized spacial score (nSPS) is 25.6. The molecule has 0 radical (unpaired) electrons. The van der Waals surface area contributed by atoms with Crippen LogP contribution in [0.1, 0.15) is 27.2 Å². The van der Waals surface area contributed by atoms with E-state index in [1.807, 2.05) is 0 Å². The van der Waals surface area contributed by atoms with Crippen molar-refractivity contribution in [1.82, 2.24) is 4.90 Å². The molecule has 16 heavy (non-hydrogen) atoms. The van der Waals surface area contributed by atoms with Gasteiger partial charge in [0.15, 0.2) is 0 Å². The van der Waals surface area contributed by atoms with Crippen LogP contribution < -0.4 is 5.73 Å². The van der Waals surface area contributed by atoms with E-state index in [2.05, 4.69) is 0 Å². The molecule has 0 aromatic rings. The van der Waals surface area contributed by atoms with Crippen LogP contribution in [0.25, 0.3) is 0 Å². The van der Waals surface area contributed by atoms with E-state index in [1.165, 1.54) is 4.90 Å². The summed E-state index contributed by atoms with van der Waals surface area (Å²) in [5.41, 5.74) is 4.52. The number of hydrogen-bond donors (Lipinski definition) is 2. The molecule has 0 saturated carbocycles. The molecule has 0 aliphatic carbocycles. The average Bonchev–Trinajstić information content (AvgIpc) is 2.44. The number of likely N-dealkylation sites (tertiary alicyclic amines) is 1. The quantitative estimate of drug-likeness (QED) is 0.654. The van der Waals surface area contributed by atoms with Gasteiger partial charge in [0.2, 0.25) is 5.91 Å². The second kappa shape index (κ2) is 4.29. The molecule has 3 N–H and O–H groups in total. The van der Waals surface area contributed by atoms with Crippen molar-refractivity contribution in [1.29, 1.82) is 0 Å². The summed E-state index contributed by atoms with van der Waals surface area (Å²) in [6.07, 6.45) is -1.16. The van der Waals surface area contributed by atoms with Crippen molar-refractivity contribution in [2.75, 3.05) is 6.54 Å². The smallest absolute Gasteiger partial charge is 0.411 e. The minimum atomic E-state index is -0.773. The Labute approximate surface area is 94.3 Å². The number of nitrogens with two attached hydrogens (primary N) is 1. The standard InChI is InChI=1S/C10H18N2O4/c1-10(2,3)16-9(15)12-5-6(13)4-7(12)8(11)14/h6-7,13H,4-5H2,1-3H3,(H2,11,14)/t6-,7-/m0/s1. The van der Waals surface area contributed by atoms with Crippen LogP contribution >= 0.6 is 0 Å². The molecule has 1 saturated heterocycles. The van der Waals surface area contributed by atoms with Gasteiger partial charge in [0.1, 0.15) is 11.6 Å². The lowest BCUT2D eigenvalue weighted by Crippen LogP contribution is -2.45. The van der Waals surface area contributed by atoms with Gasteiger partial charge in [-0.25, -0.2) is 4.79 Å². The highest BCUT2D eigenvalue weighted by Gasteiger charge is 2.39. The van der Waals surface area contributed by atoms with Crippen LogP contribution in [0.3, 0.4) is 0 Å². The van der Waals surface area contributed by atoms with E-state index in [1.54, 1.807) is 20.8 Å². The number of amides is 2. The molecule has 6 nitrogen and oxygen atoms in total. The third kappa shape index (κ3) is 3.10. The summed E-state index contributed by atoms with van der Waals surface area (Å²) in [6, 6.07) is -0.773. The van der Waals surface area contributed by atoms with E-state index >= 15 is 0 Å². The number of rotatable bonds is 1. The molecule has 1 rings (SSSR count). The largest absolute Gasteiger partial charge is 0.444 e. The van der Waals surface area contributed by atoms with Gasteiger partial charge in [-0.3, -0.25) is 9.69 Å². The molecule has 0 bridgehead atoms. The van der Waals surface area contributed by atoms with Crippen LogP contribution in [0, 0.1) is 0 Å². The van der Waals surface area contributed by atoms with Crippen molar-refractivity contribution in [3.63, 3.8) is 0 Å². The summed E-state index contributed by atoms with van der Waals surface area (Å²) < 4.78 is 5.12. The second-order valence-corrected chi connectivity index (χ2v) is 4.94. The van der Waals surface area contributed by atoms with Crippen LogP contribution in [-0.4, -0.2) is 46.3 Å². The number of ether oxygens (including phenoxy) is 1. The minimum absolute atomic E-state index is 0.0858. The van der Waals surface area contributed by atoms with Crippen molar-refractivity contribution in [2.45, 2.75) is 44.9 Å². The molecule has 0 unspecified atom stereocenters. The third-order valence-electron chi connectivity index (χ3n) is 2.24. The summed E-state index contributed by atoms with van der Waals surface area (Å²) in [6.45, 7) is 5.28. The molecule has 0 aromatic carbocycles. The third-order valence-corrected chi connectivity index (χ3v) is 2.24. The van der Waals surface area contributed by atoms with Crippen LogP contribution in [0.5, 0.6) is 0 Å². The Kier molecular flexibility index (Phi) is 3.42. The Morgan fingerprint density at radius 3 is 2.44 bits per heavy atom. The number of aliphatic hydroxyl groups excluding tert-OH is 1. The Morgan fingerprint density at radius 2 is 2.00 bits per heavy atom. The Morgan fingerprint density at radius 1 is 1.44 bits per heavy atom. The summed E-state index contributed by atoms with van der Waals surface area (Å²) in [4.78, 5) is 24.0. The fraction of sp³-hybridized carbons (Fsp3) is 0.800. The van der Waals surface area contributed by atoms with E-state index in [9.17, 15) is 14.7 Å². The molecule has 1 aliphatic heterocycles. The van der Waals surface area contributed by atoms with Gasteiger partial charge in [0.05, 0.1) is 12.6 Å². The van der Waals surface area contributed by atoms with E-state index in [0.717, 1.165) is 0 Å². The first-order valence-corrected chi connectivity index (χ1v) is 5.17. The first-order valence-electron chi connectivity index (χ1n) is 5.17. The average molecular weight is 230 g/mol. The molecular formula is C10H18N2O4. The second-order valence-electron chi connectivity index (χ2n) is 4.94. The molecule has 0 aromatic heterocycles. The number of β-amino-alcohol motifs (C(OH)–C–C–N with tert-alkyl or cyclic N) is 1. The van der Waals surface area contributed by atoms with E-state index in [0.29, 0.717) is 0 Å². The summed E-state index contributed by atoms with van der Waals surface area (Å²) in [5.74, 6) is -0.623. The molecular weight excluding hydrogens is 212 g/mol. The monoisotopic (exact) mass is 230 g/mol. The molecule has 92 valence electrons. The van der Waals surface area contributed by atoms with Crippen molar-refractivity contribution in [3.05, 3.63) is 0 Å². The van der Waals surface area contributed by atoms with Crippen molar-refractivity contribution < 1.29 is 19.4 Å². The number of primary amides is 1. The zero-order valence-electron chi connectivity index (χ0n) is 9.77. The van der Waals surface area contributed by atoms with Crippen LogP contribution in [0.2, 0.25) is 0 Å². The van der Waals surface area contributed by atoms with Gasteiger partial charge >= 0.3 is 6.09 Å². The minimum Gasteiger partial charge on any atom is -0.444 e. The fourth-order valence-corrected chi connectivity index (χ4v) is 1.61. The molecule has 2 amide bonds. The van der Waals surface area contributed by atoms with Gasteiger partial charge in [0.25, 0.3) is 0 Å². The Balaban J connectivity index is 2.71. The predicted octanol–water partition coefficient (Wildman–Crippen LogP) is -0.158. The number of hydrogen-bond acceptors (Lipinski definition) is 4. The van der Waals surface area contributed by atoms with Gasteiger partial charge in [-0.15, -0.1) is 0 Å². The maximum Gasteiger partial charge on any atom is 0.411 e. The maximum atomic E-state index is 11.7. The van der Waals surface area contributed by atoms with Gasteiger partial charge in [-0.05, 0) is 20.8 Å². The highest BCUT2D eigenvalue weighted by molar-refractivity contribution is 5.85. The summed E-state index contributed by atoms with van der Waals surface area (Å²) >= 11 is 0. The Bertz CT molecular complexity index is 298. The molecule has 1 heterocycles. The van der Waals surface area contributed by atoms with E-state index in [4.69, 9.17) is 10.5 Å². The molecule has 0 spiro atoms. The van der Waals surface area contributed by atoms with E-state index < -0.39 is 29.7 Å². The first kappa shape index (κ1) is 12.8. The van der Waals surface area contributed by atoms with Crippen molar-refractivity contribution in [2.24, 2.45) is 5.73 Å². The molecule has 2 atom stereocenters. The van der Waals surface area contributed by atoms with Gasteiger partial charge in [-0.1, -0.05) is 0 Å². The highest BCUT2D eigenvalue weighted by atomic mass is 16.6. The number of carbonyl (C=O) groups excluding carboxylic acids is 2. The SMILES string of the molecule is CC(C)(C)OC(=O)N1C[C@@H](O)C[C@H]1C(N)=O. The highest BCUT2D eigenvalue weighted by Crippen LogP contribution is 2.20. The fourth-order valence-electron chi connectivity index (χ4n) is 1.61. The zero-order chi connectivity index (χ0) is 12.5. The van der Waals surface area contributed by atoms with Crippen molar-refractivity contribution >= 4 is 12.0 Å². The van der Waals surface area contributed by atoms with Crippen LogP contribution in [-0.2, 0) is 9.53 Å². The van der Waals surface area contributed by atoms with Gasteiger partial charge < -0.3 is 15.6 Å². The van der Waals surface area contributed by atoms with E-state index in [-0.39, 0.29) is 13.0 Å². The zero-order valence-corrected chi connectivity index (χ0v) is 9.77. The van der Waals surface area contributed by atoms with Gasteiger partial charge in [-0.2, -0.15) is 0 Å². The van der Waals surface area contributed by atoms with Gasteiger partial charge in [0, 0.05) is 6.42 Å². The summed E-state index contributed by atoms with van der Waals surface area (Å²) in [7, 11) is 0. The number of nitrogens with zero attached hydrogens (tertiary/aromatic N) is 1. The maximum absolute atomic E-state index is 11.7. The first-order chi connectivity index (χ1) is 7.20. The lowest BCUT2D eigenvalue weighted by Gasteiger charge is -2.26. The van der Waals surface area contributed by atoms with Crippen LogP contribution in [0.4, 0.5) is 4.79 Å². The van der Waals surface area contributed by atoms with Crippen LogP contribution in [0.15, 0.2) is 0 Å². The number of aliphatic hydroxyl groups is 1. The lowest BCUT2D eigenvalue weighted by atomic mass is 10.2. The van der Waals surface area contributed by atoms with Crippen molar-refractivity contribution in [3.8, 4) is 0 Å². The molecule has 6 heteroatoms. The molecule has 1 fully saturated rings. The Hall–Kier alpha value is -1.30. The predicted molar refractivity (Wildman–Crippen MR) is 56.5 cm³/mol. The molecule has 1 aliphatic rings. The number of carbonyl (C=O) groups is 2.